The monoisotopic (exact) mass is 395 g/mol. The number of ether oxygens (including phenoxy) is 1. The second-order valence-corrected chi connectivity index (χ2v) is 6.78. The average Bonchev–Trinajstić information content (AvgIpc) is 3.14. The molecule has 3 rings (SSSR count). The van der Waals surface area contributed by atoms with E-state index in [0.29, 0.717) is 42.2 Å². The van der Waals surface area contributed by atoms with E-state index in [4.69, 9.17) is 14.3 Å². The van der Waals surface area contributed by atoms with Gasteiger partial charge in [0.1, 0.15) is 18.3 Å². The zero-order chi connectivity index (χ0) is 20.5. The van der Waals surface area contributed by atoms with Crippen molar-refractivity contribution in [1.82, 2.24) is 4.98 Å². The minimum Gasteiger partial charge on any atom is -0.490 e. The quantitative estimate of drug-likeness (QED) is 0.745. The van der Waals surface area contributed by atoms with Crippen molar-refractivity contribution in [3.05, 3.63) is 64.1 Å². The van der Waals surface area contributed by atoms with Crippen LogP contribution >= 0.6 is 0 Å². The largest absolute Gasteiger partial charge is 0.490 e. The van der Waals surface area contributed by atoms with Crippen LogP contribution in [-0.2, 0) is 28.5 Å². The van der Waals surface area contributed by atoms with Gasteiger partial charge in [-0.05, 0) is 43.5 Å². The second kappa shape index (κ2) is 7.69. The molecule has 0 saturated carbocycles. The first-order valence-corrected chi connectivity index (χ1v) is 8.83. The van der Waals surface area contributed by atoms with Gasteiger partial charge in [-0.3, -0.25) is 4.79 Å². The van der Waals surface area contributed by atoms with Crippen LogP contribution in [0.15, 0.2) is 40.0 Å². The summed E-state index contributed by atoms with van der Waals surface area (Å²) in [4.78, 5) is 15.1. The Labute approximate surface area is 159 Å². The number of carbonyl (C=O) groups is 1. The maximum Gasteiger partial charge on any atom is 0.416 e. The highest BCUT2D eigenvalue weighted by Gasteiger charge is 2.31. The minimum atomic E-state index is -4.36. The fourth-order valence-electron chi connectivity index (χ4n) is 3.21. The van der Waals surface area contributed by atoms with Gasteiger partial charge in [-0.2, -0.15) is 13.2 Å². The smallest absolute Gasteiger partial charge is 0.416 e. The Hall–Kier alpha value is -2.77. The van der Waals surface area contributed by atoms with Gasteiger partial charge in [-0.1, -0.05) is 12.1 Å². The first kappa shape index (κ1) is 20.0. The first-order chi connectivity index (χ1) is 13.1. The summed E-state index contributed by atoms with van der Waals surface area (Å²) in [6.45, 7) is 3.53. The summed E-state index contributed by atoms with van der Waals surface area (Å²) in [7, 11) is 0. The summed E-state index contributed by atoms with van der Waals surface area (Å²) >= 11 is 0. The molecular weight excluding hydrogens is 375 g/mol. The summed E-state index contributed by atoms with van der Waals surface area (Å²) in [5.41, 5.74) is 1.61. The third kappa shape index (κ3) is 4.55. The number of allylic oxidation sites excluding steroid dienone is 1. The molecule has 28 heavy (non-hydrogen) atoms. The molecule has 0 amide bonds. The van der Waals surface area contributed by atoms with Crippen molar-refractivity contribution in [2.45, 2.75) is 51.8 Å². The molecule has 1 aliphatic rings. The number of rotatable bonds is 6. The summed E-state index contributed by atoms with van der Waals surface area (Å²) < 4.78 is 49.4. The number of carboxylic acids is 1. The van der Waals surface area contributed by atoms with Gasteiger partial charge < -0.3 is 14.3 Å². The number of oxazole rings is 1. The van der Waals surface area contributed by atoms with E-state index < -0.39 is 17.7 Å². The van der Waals surface area contributed by atoms with Gasteiger partial charge in [0.2, 0.25) is 0 Å². The summed E-state index contributed by atoms with van der Waals surface area (Å²) in [5.74, 6) is 0.581. The molecule has 0 aliphatic carbocycles. The molecule has 0 radical (unpaired) electrons. The maximum atomic E-state index is 12.7. The number of carboxylic acid groups (broad SMARTS) is 1. The zero-order valence-electron chi connectivity index (χ0n) is 15.5. The Morgan fingerprint density at radius 1 is 1.21 bits per heavy atom. The predicted octanol–water partition coefficient (Wildman–Crippen LogP) is 5.00. The van der Waals surface area contributed by atoms with E-state index in [1.807, 2.05) is 6.92 Å². The van der Waals surface area contributed by atoms with E-state index in [1.165, 1.54) is 12.1 Å². The molecule has 1 N–H and O–H groups in total. The van der Waals surface area contributed by atoms with Crippen molar-refractivity contribution >= 4 is 5.97 Å². The Bertz CT molecular complexity index is 897. The van der Waals surface area contributed by atoms with Crippen LogP contribution in [0.2, 0.25) is 0 Å². The molecule has 0 spiro atoms. The zero-order valence-corrected chi connectivity index (χ0v) is 15.5. The molecular formula is C20H20F3NO4. The first-order valence-electron chi connectivity index (χ1n) is 8.83. The third-order valence-electron chi connectivity index (χ3n) is 4.75. The Morgan fingerprint density at radius 2 is 1.89 bits per heavy atom. The molecule has 1 aromatic heterocycles. The van der Waals surface area contributed by atoms with E-state index in [0.717, 1.165) is 23.5 Å². The molecule has 2 heterocycles. The number of aliphatic carboxylic acids is 1. The highest BCUT2D eigenvalue weighted by molar-refractivity contribution is 5.69. The Balaban J connectivity index is 1.61. The van der Waals surface area contributed by atoms with E-state index in [-0.39, 0.29) is 12.5 Å². The van der Waals surface area contributed by atoms with Gasteiger partial charge in [-0.15, -0.1) is 0 Å². The number of aryl methyl sites for hydroxylation is 2. The molecule has 150 valence electrons. The number of halogens is 3. The average molecular weight is 395 g/mol. The van der Waals surface area contributed by atoms with Crippen molar-refractivity contribution < 1.29 is 32.2 Å². The molecule has 5 nitrogen and oxygen atoms in total. The molecule has 1 unspecified atom stereocenters. The molecule has 0 saturated heterocycles. The third-order valence-corrected chi connectivity index (χ3v) is 4.75. The fourth-order valence-corrected chi connectivity index (χ4v) is 3.21. The second-order valence-electron chi connectivity index (χ2n) is 6.78. The van der Waals surface area contributed by atoms with Crippen molar-refractivity contribution in [2.24, 2.45) is 0 Å². The standard InChI is InChI=1S/C20H20F3NO4/c1-11-16(10-19(25)26)28-18(24-11)8-5-14-9-17(27-12(14)2)13-3-6-15(7-4-13)20(21,22)23/h3-4,6-7,17H,5,8-10H2,1-2H3,(H,25,26). The molecule has 8 heteroatoms. The predicted molar refractivity (Wildman–Crippen MR) is 93.5 cm³/mol. The topological polar surface area (TPSA) is 72.6 Å². The van der Waals surface area contributed by atoms with Crippen LogP contribution < -0.4 is 0 Å². The van der Waals surface area contributed by atoms with Crippen LogP contribution in [0.1, 0.15) is 54.3 Å². The molecule has 0 bridgehead atoms. The van der Waals surface area contributed by atoms with E-state index in [2.05, 4.69) is 4.98 Å². The SMILES string of the molecule is CC1=C(CCc2nc(C)c(CC(=O)O)o2)CC(c2ccc(C(F)(F)F)cc2)O1. The Morgan fingerprint density at radius 3 is 2.50 bits per heavy atom. The van der Waals surface area contributed by atoms with E-state index in [1.54, 1.807) is 6.92 Å². The minimum absolute atomic E-state index is 0.209. The van der Waals surface area contributed by atoms with Gasteiger partial charge >= 0.3 is 12.1 Å². The van der Waals surface area contributed by atoms with Crippen LogP contribution in [0.3, 0.4) is 0 Å². The lowest BCUT2D eigenvalue weighted by Gasteiger charge is -2.13. The molecule has 1 aromatic carbocycles. The number of nitrogens with zero attached hydrogens (tertiary/aromatic N) is 1. The number of hydrogen-bond donors (Lipinski definition) is 1. The van der Waals surface area contributed by atoms with Crippen molar-refractivity contribution in [1.29, 1.82) is 0 Å². The van der Waals surface area contributed by atoms with Crippen molar-refractivity contribution in [3.8, 4) is 0 Å². The summed E-state index contributed by atoms with van der Waals surface area (Å²) in [5, 5.41) is 8.86. The summed E-state index contributed by atoms with van der Waals surface area (Å²) in [6, 6.07) is 5.01. The van der Waals surface area contributed by atoms with Crippen LogP contribution in [0, 0.1) is 6.92 Å². The normalized spacial score (nSPS) is 17.1. The van der Waals surface area contributed by atoms with E-state index in [9.17, 15) is 18.0 Å². The van der Waals surface area contributed by atoms with Gasteiger partial charge in [0.05, 0.1) is 17.0 Å². The van der Waals surface area contributed by atoms with E-state index >= 15 is 0 Å². The highest BCUT2D eigenvalue weighted by Crippen LogP contribution is 2.39. The Kier molecular flexibility index (Phi) is 5.49. The fraction of sp³-hybridized carbons (Fsp3) is 0.400. The van der Waals surface area contributed by atoms with Gasteiger partial charge in [0.25, 0.3) is 0 Å². The number of benzene rings is 1. The highest BCUT2D eigenvalue weighted by atomic mass is 19.4. The number of alkyl halides is 3. The maximum absolute atomic E-state index is 12.7. The van der Waals surface area contributed by atoms with Gasteiger partial charge in [0, 0.05) is 12.8 Å². The summed E-state index contributed by atoms with van der Waals surface area (Å²) in [6.07, 6.45) is -3.18. The molecule has 1 aliphatic heterocycles. The van der Waals surface area contributed by atoms with Crippen molar-refractivity contribution in [2.75, 3.05) is 0 Å². The number of hydrogen-bond acceptors (Lipinski definition) is 4. The van der Waals surface area contributed by atoms with Crippen LogP contribution in [0.5, 0.6) is 0 Å². The number of aromatic nitrogens is 1. The lowest BCUT2D eigenvalue weighted by Crippen LogP contribution is -2.05. The lowest BCUT2D eigenvalue weighted by molar-refractivity contribution is -0.138. The van der Waals surface area contributed by atoms with Crippen molar-refractivity contribution in [3.63, 3.8) is 0 Å². The van der Waals surface area contributed by atoms with Crippen LogP contribution in [0.4, 0.5) is 13.2 Å². The molecule has 0 fully saturated rings. The van der Waals surface area contributed by atoms with Gasteiger partial charge in [0.15, 0.2) is 5.89 Å². The lowest BCUT2D eigenvalue weighted by atomic mass is 9.99. The van der Waals surface area contributed by atoms with Gasteiger partial charge in [-0.25, -0.2) is 4.98 Å². The molecule has 1 atom stereocenters. The van der Waals surface area contributed by atoms with Crippen LogP contribution in [-0.4, -0.2) is 16.1 Å². The van der Waals surface area contributed by atoms with Crippen LogP contribution in [0.25, 0.3) is 0 Å². The molecule has 2 aromatic rings.